The van der Waals surface area contributed by atoms with E-state index in [1.807, 2.05) is 37.5 Å². The lowest BCUT2D eigenvalue weighted by molar-refractivity contribution is -0.391. The van der Waals surface area contributed by atoms with Crippen LogP contribution < -0.4 is 15.2 Å². The minimum absolute atomic E-state index is 0.00856. The molecule has 38 heavy (non-hydrogen) atoms. The van der Waals surface area contributed by atoms with Gasteiger partial charge in [0, 0.05) is 43.4 Å². The predicted molar refractivity (Wildman–Crippen MR) is 145 cm³/mol. The van der Waals surface area contributed by atoms with E-state index in [2.05, 4.69) is 33.8 Å². The Kier molecular flexibility index (Phi) is 8.66. The van der Waals surface area contributed by atoms with Crippen molar-refractivity contribution in [2.75, 3.05) is 20.0 Å². The van der Waals surface area contributed by atoms with Crippen LogP contribution in [0.25, 0.3) is 11.4 Å². The molecule has 0 bridgehead atoms. The maximum absolute atomic E-state index is 11.4. The van der Waals surface area contributed by atoms with Gasteiger partial charge in [-0.1, -0.05) is 27.7 Å². The molecule has 0 amide bonds. The molecule has 4 rings (SSSR count). The summed E-state index contributed by atoms with van der Waals surface area (Å²) in [7, 11) is 3.09. The van der Waals surface area contributed by atoms with E-state index < -0.39 is 4.92 Å². The zero-order valence-corrected chi connectivity index (χ0v) is 23.0. The summed E-state index contributed by atoms with van der Waals surface area (Å²) in [5.41, 5.74) is 9.09. The lowest BCUT2D eigenvalue weighted by Crippen LogP contribution is -2.04. The average Bonchev–Trinajstić information content (AvgIpc) is 3.40. The van der Waals surface area contributed by atoms with E-state index in [-0.39, 0.29) is 11.7 Å². The van der Waals surface area contributed by atoms with Crippen molar-refractivity contribution in [1.29, 1.82) is 0 Å². The van der Waals surface area contributed by atoms with Gasteiger partial charge in [-0.15, -0.1) is 0 Å². The number of rotatable bonds is 7. The van der Waals surface area contributed by atoms with Crippen LogP contribution in [0.3, 0.4) is 0 Å². The molecule has 2 N–H and O–H groups in total. The summed E-state index contributed by atoms with van der Waals surface area (Å²) in [6.07, 6.45) is 3.24. The maximum atomic E-state index is 11.4. The number of ether oxygens (including phenoxy) is 2. The van der Waals surface area contributed by atoms with Gasteiger partial charge < -0.3 is 25.3 Å². The molecule has 0 fully saturated rings. The number of anilines is 1. The third kappa shape index (κ3) is 5.74. The summed E-state index contributed by atoms with van der Waals surface area (Å²) in [6, 6.07) is 7.06. The van der Waals surface area contributed by atoms with Gasteiger partial charge in [0.2, 0.25) is 11.8 Å². The Morgan fingerprint density at radius 1 is 0.842 bits per heavy atom. The van der Waals surface area contributed by atoms with Crippen molar-refractivity contribution in [3.8, 4) is 23.1 Å². The summed E-state index contributed by atoms with van der Waals surface area (Å²) in [4.78, 5) is 27.9. The number of aryl methyl sites for hydroxylation is 2. The molecule has 0 aromatic carbocycles. The first-order valence-electron chi connectivity index (χ1n) is 12.1. The van der Waals surface area contributed by atoms with E-state index in [1.54, 1.807) is 38.6 Å². The third-order valence-corrected chi connectivity index (χ3v) is 5.79. The zero-order chi connectivity index (χ0) is 28.1. The topological polar surface area (TPSA) is 149 Å². The first-order valence-corrected chi connectivity index (χ1v) is 12.1. The van der Waals surface area contributed by atoms with Gasteiger partial charge >= 0.3 is 5.82 Å². The first-order chi connectivity index (χ1) is 18.0. The smallest absolute Gasteiger partial charge is 0.351 e. The van der Waals surface area contributed by atoms with Gasteiger partial charge in [-0.05, 0) is 23.8 Å². The summed E-state index contributed by atoms with van der Waals surface area (Å²) in [5, 5.41) is 11.4. The van der Waals surface area contributed by atoms with E-state index in [4.69, 9.17) is 15.2 Å². The van der Waals surface area contributed by atoms with Gasteiger partial charge in [0.05, 0.1) is 25.6 Å². The SMILES string of the molecule is COc1cc(-n2c(C)nc(C(C)C)c2N)ccn1.COc1cc(-n2c(C)nc(C(C)C)c2[N+](=O)[O-])ccn1. The third-order valence-electron chi connectivity index (χ3n) is 5.79. The van der Waals surface area contributed by atoms with Crippen LogP contribution >= 0.6 is 0 Å². The molecule has 0 spiro atoms. The lowest BCUT2D eigenvalue weighted by Gasteiger charge is -2.09. The Morgan fingerprint density at radius 2 is 1.29 bits per heavy atom. The molecule has 0 aliphatic carbocycles. The summed E-state index contributed by atoms with van der Waals surface area (Å²) in [6.45, 7) is 11.6. The molecule has 202 valence electrons. The van der Waals surface area contributed by atoms with Crippen molar-refractivity contribution < 1.29 is 14.4 Å². The number of imidazole rings is 2. The number of hydrogen-bond donors (Lipinski definition) is 1. The predicted octanol–water partition coefficient (Wildman–Crippen LogP) is 4.91. The van der Waals surface area contributed by atoms with Crippen LogP contribution in [0.2, 0.25) is 0 Å². The highest BCUT2D eigenvalue weighted by atomic mass is 16.6. The van der Waals surface area contributed by atoms with Crippen LogP contribution in [0.5, 0.6) is 11.8 Å². The number of pyridine rings is 2. The molecule has 12 heteroatoms. The van der Waals surface area contributed by atoms with Crippen molar-refractivity contribution in [1.82, 2.24) is 29.1 Å². The van der Waals surface area contributed by atoms with E-state index in [1.165, 1.54) is 11.7 Å². The maximum Gasteiger partial charge on any atom is 0.351 e. The summed E-state index contributed by atoms with van der Waals surface area (Å²) in [5.74, 6) is 3.33. The number of methoxy groups -OCH3 is 2. The van der Waals surface area contributed by atoms with Crippen LogP contribution in [-0.4, -0.2) is 48.2 Å². The van der Waals surface area contributed by atoms with E-state index >= 15 is 0 Å². The quantitative estimate of drug-likeness (QED) is 0.264. The molecule has 4 heterocycles. The first kappa shape index (κ1) is 28.1. The van der Waals surface area contributed by atoms with Crippen LogP contribution in [0.15, 0.2) is 36.7 Å². The summed E-state index contributed by atoms with van der Waals surface area (Å²) < 4.78 is 13.6. The van der Waals surface area contributed by atoms with Crippen molar-refractivity contribution in [3.63, 3.8) is 0 Å². The van der Waals surface area contributed by atoms with Crippen molar-refractivity contribution in [2.45, 2.75) is 53.4 Å². The molecule has 0 saturated carbocycles. The number of nitrogens with two attached hydrogens (primary N) is 1. The standard InChI is InChI=1S/C13H16N4O3.C13H18N4O/c1-8(2)12-13(17(18)19)16(9(3)15-12)10-5-6-14-11(7-10)20-4;1-8(2)12-13(14)17(9(3)16-12)10-5-6-15-11(7-10)18-4/h5-8H,1-4H3;5-8H,14H2,1-4H3. The van der Waals surface area contributed by atoms with Crippen molar-refractivity contribution >= 4 is 11.6 Å². The Bertz CT molecular complexity index is 1420. The monoisotopic (exact) mass is 522 g/mol. The highest BCUT2D eigenvalue weighted by molar-refractivity contribution is 5.50. The van der Waals surface area contributed by atoms with E-state index in [0.29, 0.717) is 40.7 Å². The number of hydrogen-bond acceptors (Lipinski definition) is 9. The molecule has 4 aromatic heterocycles. The Morgan fingerprint density at radius 3 is 1.71 bits per heavy atom. The largest absolute Gasteiger partial charge is 0.481 e. The van der Waals surface area contributed by atoms with Gasteiger partial charge in [-0.3, -0.25) is 4.57 Å². The van der Waals surface area contributed by atoms with Crippen molar-refractivity contribution in [3.05, 3.63) is 69.8 Å². The second-order valence-electron chi connectivity index (χ2n) is 9.15. The summed E-state index contributed by atoms with van der Waals surface area (Å²) >= 11 is 0. The molecular weight excluding hydrogens is 488 g/mol. The van der Waals surface area contributed by atoms with Crippen molar-refractivity contribution in [2.24, 2.45) is 0 Å². The fourth-order valence-corrected chi connectivity index (χ4v) is 4.03. The molecule has 12 nitrogen and oxygen atoms in total. The van der Waals surface area contributed by atoms with Gasteiger partial charge in [0.15, 0.2) is 5.82 Å². The number of nitrogen functional groups attached to an aromatic ring is 1. The fourth-order valence-electron chi connectivity index (χ4n) is 4.03. The molecule has 0 aliphatic heterocycles. The Balaban J connectivity index is 0.000000212. The van der Waals surface area contributed by atoms with Crippen LogP contribution in [-0.2, 0) is 0 Å². The van der Waals surface area contributed by atoms with Gasteiger partial charge in [-0.25, -0.2) is 19.9 Å². The normalized spacial score (nSPS) is 10.9. The van der Waals surface area contributed by atoms with E-state index in [9.17, 15) is 10.1 Å². The second kappa shape index (κ2) is 11.7. The molecular formula is C26H34N8O4. The average molecular weight is 523 g/mol. The van der Waals surface area contributed by atoms with Crippen LogP contribution in [0.1, 0.15) is 62.6 Å². The fraction of sp³-hybridized carbons (Fsp3) is 0.385. The zero-order valence-electron chi connectivity index (χ0n) is 23.0. The highest BCUT2D eigenvalue weighted by Gasteiger charge is 2.28. The van der Waals surface area contributed by atoms with Gasteiger partial charge in [0.1, 0.15) is 23.0 Å². The highest BCUT2D eigenvalue weighted by Crippen LogP contribution is 2.31. The Hall–Kier alpha value is -4.48. The van der Waals surface area contributed by atoms with Gasteiger partial charge in [0.25, 0.3) is 0 Å². The molecule has 0 aliphatic rings. The van der Waals surface area contributed by atoms with E-state index in [0.717, 1.165) is 17.2 Å². The number of nitrogens with zero attached hydrogens (tertiary/aromatic N) is 7. The van der Waals surface area contributed by atoms with Crippen LogP contribution in [0, 0.1) is 24.0 Å². The molecule has 0 saturated heterocycles. The molecule has 4 aromatic rings. The molecule has 0 atom stereocenters. The minimum atomic E-state index is -0.401. The lowest BCUT2D eigenvalue weighted by atomic mass is 10.1. The second-order valence-corrected chi connectivity index (χ2v) is 9.15. The van der Waals surface area contributed by atoms with Gasteiger partial charge in [-0.2, -0.15) is 4.57 Å². The Labute approximate surface area is 221 Å². The molecule has 0 unspecified atom stereocenters. The van der Waals surface area contributed by atoms with Crippen LogP contribution in [0.4, 0.5) is 11.6 Å². The minimum Gasteiger partial charge on any atom is -0.481 e. The number of nitro groups is 1. The molecule has 0 radical (unpaired) electrons. The number of aromatic nitrogens is 6.